The molecule has 0 aromatic heterocycles. The lowest BCUT2D eigenvalue weighted by Gasteiger charge is -1.99. The van der Waals surface area contributed by atoms with Crippen LogP contribution in [-0.4, -0.2) is 13.2 Å². The smallest absolute Gasteiger partial charge is 0.0606 e. The van der Waals surface area contributed by atoms with E-state index in [0.29, 0.717) is 6.10 Å². The zero-order chi connectivity index (χ0) is 6.15. The minimum absolute atomic E-state index is 0.593. The molecule has 0 bridgehead atoms. The van der Waals surface area contributed by atoms with Gasteiger partial charge in [-0.1, -0.05) is 13.8 Å². The molecule has 0 spiro atoms. The van der Waals surface area contributed by atoms with Gasteiger partial charge in [-0.05, 0) is 18.3 Å². The second kappa shape index (κ2) is 2.06. The second-order valence-electron chi connectivity index (χ2n) is 2.92. The van der Waals surface area contributed by atoms with Crippen LogP contribution in [0, 0.1) is 11.8 Å². The highest BCUT2D eigenvalue weighted by Crippen LogP contribution is 2.39. The topological polar surface area (TPSA) is 9.23 Å². The Labute approximate surface area is 51.0 Å². The molecule has 0 aromatic rings. The van der Waals surface area contributed by atoms with Crippen LogP contribution in [-0.2, 0) is 4.74 Å². The summed E-state index contributed by atoms with van der Waals surface area (Å²) in [7, 11) is 1.80. The fourth-order valence-electron chi connectivity index (χ4n) is 1.16. The largest absolute Gasteiger partial charge is 0.381 e. The molecule has 1 aliphatic carbocycles. The fraction of sp³-hybridized carbons (Fsp3) is 1.00. The molecule has 0 aromatic carbocycles. The van der Waals surface area contributed by atoms with Gasteiger partial charge >= 0.3 is 0 Å². The Kier molecular flexibility index (Phi) is 1.57. The zero-order valence-corrected chi connectivity index (χ0v) is 5.85. The van der Waals surface area contributed by atoms with Crippen LogP contribution in [0.2, 0.25) is 0 Å². The summed E-state index contributed by atoms with van der Waals surface area (Å²) in [6, 6.07) is 0. The summed E-state index contributed by atoms with van der Waals surface area (Å²) in [5.41, 5.74) is 0. The molecule has 0 amide bonds. The van der Waals surface area contributed by atoms with Crippen molar-refractivity contribution in [1.29, 1.82) is 0 Å². The van der Waals surface area contributed by atoms with E-state index in [1.165, 1.54) is 6.42 Å². The average Bonchev–Trinajstić information content (AvgIpc) is 2.42. The maximum atomic E-state index is 5.14. The molecule has 1 aliphatic rings. The molecule has 1 nitrogen and oxygen atoms in total. The van der Waals surface area contributed by atoms with Gasteiger partial charge in [0.25, 0.3) is 0 Å². The van der Waals surface area contributed by atoms with Gasteiger partial charge in [-0.2, -0.15) is 0 Å². The first kappa shape index (κ1) is 6.09. The fourth-order valence-corrected chi connectivity index (χ4v) is 1.16. The van der Waals surface area contributed by atoms with Gasteiger partial charge in [-0.25, -0.2) is 0 Å². The van der Waals surface area contributed by atoms with Gasteiger partial charge in [0.15, 0.2) is 0 Å². The van der Waals surface area contributed by atoms with E-state index in [0.717, 1.165) is 11.8 Å². The Balaban J connectivity index is 2.16. The summed E-state index contributed by atoms with van der Waals surface area (Å²) in [5, 5.41) is 0. The molecule has 1 heteroatoms. The van der Waals surface area contributed by atoms with Gasteiger partial charge < -0.3 is 4.74 Å². The molecule has 0 aliphatic heterocycles. The van der Waals surface area contributed by atoms with Crippen molar-refractivity contribution in [2.24, 2.45) is 11.8 Å². The standard InChI is InChI=1S/C7H14O/c1-5(2)6-4-7(6)8-3/h5-7H,4H2,1-3H3/t6-,7?/m1/s1. The van der Waals surface area contributed by atoms with Crippen LogP contribution in [0.25, 0.3) is 0 Å². The first-order chi connectivity index (χ1) is 3.75. The quantitative estimate of drug-likeness (QED) is 0.530. The molecule has 0 saturated heterocycles. The van der Waals surface area contributed by atoms with Crippen LogP contribution in [0.1, 0.15) is 20.3 Å². The Morgan fingerprint density at radius 2 is 2.12 bits per heavy atom. The Bertz CT molecular complexity index is 78.5. The van der Waals surface area contributed by atoms with E-state index in [2.05, 4.69) is 13.8 Å². The van der Waals surface area contributed by atoms with Crippen molar-refractivity contribution in [2.45, 2.75) is 26.4 Å². The van der Waals surface area contributed by atoms with Crippen LogP contribution in [0.4, 0.5) is 0 Å². The number of ether oxygens (including phenoxy) is 1. The molecule has 1 unspecified atom stereocenters. The van der Waals surface area contributed by atoms with Crippen molar-refractivity contribution in [3.8, 4) is 0 Å². The third-order valence-corrected chi connectivity index (χ3v) is 1.94. The number of hydrogen-bond donors (Lipinski definition) is 0. The summed E-state index contributed by atoms with van der Waals surface area (Å²) < 4.78 is 5.14. The Morgan fingerprint density at radius 3 is 2.25 bits per heavy atom. The van der Waals surface area contributed by atoms with E-state index < -0.39 is 0 Å². The van der Waals surface area contributed by atoms with Crippen molar-refractivity contribution in [3.05, 3.63) is 0 Å². The summed E-state index contributed by atoms with van der Waals surface area (Å²) in [6.07, 6.45) is 1.88. The predicted molar refractivity (Wildman–Crippen MR) is 33.7 cm³/mol. The second-order valence-corrected chi connectivity index (χ2v) is 2.92. The highest BCUT2D eigenvalue weighted by atomic mass is 16.5. The van der Waals surface area contributed by atoms with E-state index in [9.17, 15) is 0 Å². The summed E-state index contributed by atoms with van der Waals surface area (Å²) in [4.78, 5) is 0. The average molecular weight is 114 g/mol. The van der Waals surface area contributed by atoms with E-state index in [-0.39, 0.29) is 0 Å². The molecule has 0 heterocycles. The molecule has 1 fully saturated rings. The number of methoxy groups -OCH3 is 1. The first-order valence-corrected chi connectivity index (χ1v) is 3.28. The van der Waals surface area contributed by atoms with Crippen LogP contribution < -0.4 is 0 Å². The first-order valence-electron chi connectivity index (χ1n) is 3.28. The number of rotatable bonds is 2. The SMILES string of the molecule is COC1C[C@@H]1C(C)C. The van der Waals surface area contributed by atoms with E-state index >= 15 is 0 Å². The molecule has 0 radical (unpaired) electrons. The van der Waals surface area contributed by atoms with Gasteiger partial charge in [0.05, 0.1) is 6.10 Å². The predicted octanol–water partition coefficient (Wildman–Crippen LogP) is 1.68. The molecule has 1 saturated carbocycles. The van der Waals surface area contributed by atoms with Crippen molar-refractivity contribution >= 4 is 0 Å². The lowest BCUT2D eigenvalue weighted by atomic mass is 10.1. The van der Waals surface area contributed by atoms with Crippen molar-refractivity contribution in [1.82, 2.24) is 0 Å². The van der Waals surface area contributed by atoms with Crippen LogP contribution in [0.5, 0.6) is 0 Å². The van der Waals surface area contributed by atoms with Crippen molar-refractivity contribution in [3.63, 3.8) is 0 Å². The third kappa shape index (κ3) is 1.03. The highest BCUT2D eigenvalue weighted by Gasteiger charge is 2.39. The van der Waals surface area contributed by atoms with E-state index in [1.54, 1.807) is 7.11 Å². The molecule has 8 heavy (non-hydrogen) atoms. The molecular formula is C7H14O. The van der Waals surface area contributed by atoms with Gasteiger partial charge in [-0.3, -0.25) is 0 Å². The van der Waals surface area contributed by atoms with Gasteiger partial charge in [0.1, 0.15) is 0 Å². The van der Waals surface area contributed by atoms with E-state index in [1.807, 2.05) is 0 Å². The monoisotopic (exact) mass is 114 g/mol. The minimum atomic E-state index is 0.593. The third-order valence-electron chi connectivity index (χ3n) is 1.94. The zero-order valence-electron chi connectivity index (χ0n) is 5.85. The van der Waals surface area contributed by atoms with Gasteiger partial charge in [0, 0.05) is 7.11 Å². The van der Waals surface area contributed by atoms with Crippen LogP contribution >= 0.6 is 0 Å². The molecule has 48 valence electrons. The van der Waals surface area contributed by atoms with Crippen LogP contribution in [0.3, 0.4) is 0 Å². The normalized spacial score (nSPS) is 36.0. The Hall–Kier alpha value is -0.0400. The van der Waals surface area contributed by atoms with Gasteiger partial charge in [-0.15, -0.1) is 0 Å². The summed E-state index contributed by atoms with van der Waals surface area (Å²) in [5.74, 6) is 1.68. The lowest BCUT2D eigenvalue weighted by Crippen LogP contribution is -1.97. The maximum Gasteiger partial charge on any atom is 0.0606 e. The minimum Gasteiger partial charge on any atom is -0.381 e. The Morgan fingerprint density at radius 1 is 1.50 bits per heavy atom. The molecule has 0 N–H and O–H groups in total. The summed E-state index contributed by atoms with van der Waals surface area (Å²) >= 11 is 0. The van der Waals surface area contributed by atoms with Crippen LogP contribution in [0.15, 0.2) is 0 Å². The highest BCUT2D eigenvalue weighted by molar-refractivity contribution is 4.89. The molecule has 2 atom stereocenters. The number of hydrogen-bond acceptors (Lipinski definition) is 1. The van der Waals surface area contributed by atoms with E-state index in [4.69, 9.17) is 4.74 Å². The lowest BCUT2D eigenvalue weighted by molar-refractivity contribution is 0.161. The van der Waals surface area contributed by atoms with Crippen molar-refractivity contribution in [2.75, 3.05) is 7.11 Å². The maximum absolute atomic E-state index is 5.14. The van der Waals surface area contributed by atoms with Gasteiger partial charge in [0.2, 0.25) is 0 Å². The molecule has 1 rings (SSSR count). The summed E-state index contributed by atoms with van der Waals surface area (Å²) in [6.45, 7) is 4.51. The molecular weight excluding hydrogens is 100 g/mol. The van der Waals surface area contributed by atoms with Crippen molar-refractivity contribution < 1.29 is 4.74 Å².